The van der Waals surface area contributed by atoms with Crippen LogP contribution >= 0.6 is 0 Å². The molecule has 0 amide bonds. The van der Waals surface area contributed by atoms with Crippen molar-refractivity contribution in [3.63, 3.8) is 0 Å². The van der Waals surface area contributed by atoms with Gasteiger partial charge in [-0.25, -0.2) is 0 Å². The summed E-state index contributed by atoms with van der Waals surface area (Å²) in [4.78, 5) is 20.8. The summed E-state index contributed by atoms with van der Waals surface area (Å²) in [5, 5.41) is 22.2. The molecule has 2 atom stereocenters. The molecule has 2 unspecified atom stereocenters. The van der Waals surface area contributed by atoms with Crippen molar-refractivity contribution in [3.8, 4) is 0 Å². The van der Waals surface area contributed by atoms with E-state index in [9.17, 15) is 9.59 Å². The van der Waals surface area contributed by atoms with Gasteiger partial charge in [0.1, 0.15) is 12.1 Å². The first-order valence-electron chi connectivity index (χ1n) is 3.53. The molecule has 0 spiro atoms. The van der Waals surface area contributed by atoms with Crippen LogP contribution in [-0.4, -0.2) is 47.3 Å². The van der Waals surface area contributed by atoms with Crippen molar-refractivity contribution in [1.29, 1.82) is 0 Å². The molecule has 68 valence electrons. The van der Waals surface area contributed by atoms with Crippen molar-refractivity contribution in [2.75, 3.05) is 13.1 Å². The van der Waals surface area contributed by atoms with Gasteiger partial charge >= 0.3 is 11.9 Å². The lowest BCUT2D eigenvalue weighted by atomic mass is 10.1. The van der Waals surface area contributed by atoms with Gasteiger partial charge in [0.25, 0.3) is 0 Å². The zero-order chi connectivity index (χ0) is 9.14. The van der Waals surface area contributed by atoms with E-state index in [-0.39, 0.29) is 13.1 Å². The summed E-state index contributed by atoms with van der Waals surface area (Å²) in [7, 11) is 0. The second-order valence-corrected chi connectivity index (χ2v) is 2.60. The molecule has 12 heavy (non-hydrogen) atoms. The lowest BCUT2D eigenvalue weighted by Crippen LogP contribution is -2.59. The fourth-order valence-corrected chi connectivity index (χ4v) is 1.01. The largest absolute Gasteiger partial charge is 0.480 e. The number of nitrogens with one attached hydrogen (secondary N) is 2. The molecule has 4 N–H and O–H groups in total. The van der Waals surface area contributed by atoms with Crippen LogP contribution in [0.2, 0.25) is 0 Å². The van der Waals surface area contributed by atoms with Crippen molar-refractivity contribution in [1.82, 2.24) is 10.6 Å². The van der Waals surface area contributed by atoms with Crippen LogP contribution in [0.5, 0.6) is 0 Å². The van der Waals surface area contributed by atoms with Gasteiger partial charge in [-0.05, 0) is 0 Å². The number of carboxylic acid groups (broad SMARTS) is 2. The van der Waals surface area contributed by atoms with E-state index < -0.39 is 24.0 Å². The minimum absolute atomic E-state index is 0.145. The molecular weight excluding hydrogens is 164 g/mol. The van der Waals surface area contributed by atoms with Gasteiger partial charge in [0, 0.05) is 13.1 Å². The highest BCUT2D eigenvalue weighted by Gasteiger charge is 2.28. The van der Waals surface area contributed by atoms with Crippen molar-refractivity contribution >= 4 is 11.9 Å². The van der Waals surface area contributed by atoms with Crippen molar-refractivity contribution in [2.24, 2.45) is 0 Å². The highest BCUT2D eigenvalue weighted by molar-refractivity contribution is 5.77. The molecular formula is C6H10N2O4. The topological polar surface area (TPSA) is 98.7 Å². The Balaban J connectivity index is 2.39. The van der Waals surface area contributed by atoms with Gasteiger partial charge in [0.05, 0.1) is 0 Å². The van der Waals surface area contributed by atoms with Crippen LogP contribution in [0.15, 0.2) is 0 Å². The van der Waals surface area contributed by atoms with Gasteiger partial charge in [-0.3, -0.25) is 9.59 Å². The smallest absolute Gasteiger partial charge is 0.322 e. The molecule has 0 saturated carbocycles. The van der Waals surface area contributed by atoms with E-state index in [0.29, 0.717) is 0 Å². The van der Waals surface area contributed by atoms with E-state index in [0.717, 1.165) is 0 Å². The molecule has 0 aromatic heterocycles. The summed E-state index contributed by atoms with van der Waals surface area (Å²) >= 11 is 0. The quantitative estimate of drug-likeness (QED) is 0.390. The summed E-state index contributed by atoms with van der Waals surface area (Å²) in [6.45, 7) is 0.290. The second-order valence-electron chi connectivity index (χ2n) is 2.60. The third-order valence-corrected chi connectivity index (χ3v) is 1.73. The van der Waals surface area contributed by atoms with Crippen molar-refractivity contribution in [3.05, 3.63) is 0 Å². The van der Waals surface area contributed by atoms with Crippen LogP contribution in [0.4, 0.5) is 0 Å². The Morgan fingerprint density at radius 2 is 1.33 bits per heavy atom. The normalized spacial score (nSPS) is 29.7. The number of carbonyl (C=O) groups is 2. The Labute approximate surface area is 68.6 Å². The molecule has 1 fully saturated rings. The van der Waals surface area contributed by atoms with Crippen LogP contribution in [0.25, 0.3) is 0 Å². The summed E-state index contributed by atoms with van der Waals surface area (Å²) in [6, 6.07) is -1.36. The van der Waals surface area contributed by atoms with Gasteiger partial charge < -0.3 is 20.8 Å². The lowest BCUT2D eigenvalue weighted by molar-refractivity contribution is -0.144. The highest BCUT2D eigenvalue weighted by atomic mass is 16.4. The van der Waals surface area contributed by atoms with Gasteiger partial charge in [-0.2, -0.15) is 0 Å². The fourth-order valence-electron chi connectivity index (χ4n) is 1.01. The minimum Gasteiger partial charge on any atom is -0.480 e. The van der Waals surface area contributed by atoms with E-state index in [2.05, 4.69) is 10.6 Å². The standard InChI is InChI=1S/C6H10N2O4/c9-5(10)3-1-7-4(2-8-3)6(11)12/h3-4,7-8H,1-2H2,(H,9,10)(H,11,12). The number of hydrogen-bond acceptors (Lipinski definition) is 4. The molecule has 6 heteroatoms. The third-order valence-electron chi connectivity index (χ3n) is 1.73. The molecule has 1 saturated heterocycles. The van der Waals surface area contributed by atoms with Gasteiger partial charge in [-0.1, -0.05) is 0 Å². The minimum atomic E-state index is -0.966. The van der Waals surface area contributed by atoms with Crippen LogP contribution in [0, 0.1) is 0 Å². The molecule has 1 aliphatic rings. The van der Waals surface area contributed by atoms with Gasteiger partial charge in [-0.15, -0.1) is 0 Å². The molecule has 0 aliphatic carbocycles. The summed E-state index contributed by atoms with van der Waals surface area (Å²) in [6.07, 6.45) is 0. The first kappa shape index (κ1) is 8.95. The van der Waals surface area contributed by atoms with E-state index in [1.165, 1.54) is 0 Å². The predicted molar refractivity (Wildman–Crippen MR) is 38.9 cm³/mol. The Bertz CT molecular complexity index is 176. The number of carboxylic acids is 2. The zero-order valence-electron chi connectivity index (χ0n) is 6.28. The maximum Gasteiger partial charge on any atom is 0.322 e. The van der Waals surface area contributed by atoms with E-state index in [4.69, 9.17) is 10.2 Å². The SMILES string of the molecule is O=C(O)C1CNC(C(=O)O)CN1. The lowest BCUT2D eigenvalue weighted by Gasteiger charge is -2.25. The van der Waals surface area contributed by atoms with Crippen LogP contribution < -0.4 is 10.6 Å². The number of aliphatic carboxylic acids is 2. The predicted octanol–water partition coefficient (Wildman–Crippen LogP) is -1.91. The first-order valence-corrected chi connectivity index (χ1v) is 3.53. The Kier molecular flexibility index (Phi) is 2.61. The van der Waals surface area contributed by atoms with E-state index in [1.807, 2.05) is 0 Å². The maximum atomic E-state index is 10.4. The number of piperazine rings is 1. The van der Waals surface area contributed by atoms with Crippen molar-refractivity contribution < 1.29 is 19.8 Å². The average Bonchev–Trinajstić information content (AvgIpc) is 2.04. The molecule has 0 radical (unpaired) electrons. The Morgan fingerprint density at radius 3 is 1.50 bits per heavy atom. The molecule has 0 bridgehead atoms. The summed E-state index contributed by atoms with van der Waals surface area (Å²) in [5.41, 5.74) is 0. The second kappa shape index (κ2) is 3.51. The zero-order valence-corrected chi connectivity index (χ0v) is 6.28. The van der Waals surface area contributed by atoms with E-state index >= 15 is 0 Å². The molecule has 0 aromatic carbocycles. The molecule has 1 aliphatic heterocycles. The van der Waals surface area contributed by atoms with Crippen molar-refractivity contribution in [2.45, 2.75) is 12.1 Å². The fraction of sp³-hybridized carbons (Fsp3) is 0.667. The molecule has 6 nitrogen and oxygen atoms in total. The summed E-state index contributed by atoms with van der Waals surface area (Å²) in [5.74, 6) is -1.93. The number of rotatable bonds is 2. The molecule has 1 rings (SSSR count). The third kappa shape index (κ3) is 1.93. The number of hydrogen-bond donors (Lipinski definition) is 4. The first-order chi connectivity index (χ1) is 5.61. The van der Waals surface area contributed by atoms with E-state index in [1.54, 1.807) is 0 Å². The van der Waals surface area contributed by atoms with Gasteiger partial charge in [0.2, 0.25) is 0 Å². The van der Waals surface area contributed by atoms with Crippen LogP contribution in [-0.2, 0) is 9.59 Å². The molecule has 0 aromatic rings. The molecule has 1 heterocycles. The van der Waals surface area contributed by atoms with Crippen LogP contribution in [0.3, 0.4) is 0 Å². The monoisotopic (exact) mass is 174 g/mol. The maximum absolute atomic E-state index is 10.4. The summed E-state index contributed by atoms with van der Waals surface area (Å²) < 4.78 is 0. The Morgan fingerprint density at radius 1 is 1.00 bits per heavy atom. The van der Waals surface area contributed by atoms with Crippen LogP contribution in [0.1, 0.15) is 0 Å². The van der Waals surface area contributed by atoms with Gasteiger partial charge in [0.15, 0.2) is 0 Å². The average molecular weight is 174 g/mol. The highest BCUT2D eigenvalue weighted by Crippen LogP contribution is 1.93. The Hall–Kier alpha value is -1.14.